The van der Waals surface area contributed by atoms with Gasteiger partial charge in [0.2, 0.25) is 0 Å². The first-order valence-electron chi connectivity index (χ1n) is 8.22. The summed E-state index contributed by atoms with van der Waals surface area (Å²) in [6.07, 6.45) is 1.52. The SMILES string of the molecule is Cc1cc(CSc2ccccc2C(=O)OCC(=O)NCc2ccco2)no1. The number of rotatable bonds is 8. The lowest BCUT2D eigenvalue weighted by Gasteiger charge is -2.09. The minimum absolute atomic E-state index is 0.243. The van der Waals surface area contributed by atoms with E-state index in [0.717, 1.165) is 16.3 Å². The molecule has 8 heteroatoms. The van der Waals surface area contributed by atoms with Gasteiger partial charge in [0.1, 0.15) is 11.5 Å². The summed E-state index contributed by atoms with van der Waals surface area (Å²) in [6.45, 7) is 1.71. The number of hydrogen-bond acceptors (Lipinski definition) is 7. The molecule has 3 rings (SSSR count). The van der Waals surface area contributed by atoms with Gasteiger partial charge >= 0.3 is 5.97 Å². The Kier molecular flexibility index (Phi) is 6.32. The minimum Gasteiger partial charge on any atom is -0.467 e. The predicted octanol–water partition coefficient (Wildman–Crippen LogP) is 3.34. The first-order valence-corrected chi connectivity index (χ1v) is 9.20. The summed E-state index contributed by atoms with van der Waals surface area (Å²) in [6, 6.07) is 12.4. The topological polar surface area (TPSA) is 94.6 Å². The van der Waals surface area contributed by atoms with Gasteiger partial charge in [0.15, 0.2) is 6.61 Å². The van der Waals surface area contributed by atoms with Crippen LogP contribution in [-0.4, -0.2) is 23.6 Å². The maximum Gasteiger partial charge on any atom is 0.339 e. The number of carbonyl (C=O) groups excluding carboxylic acids is 2. The van der Waals surface area contributed by atoms with Crippen LogP contribution in [0.4, 0.5) is 0 Å². The third-order valence-corrected chi connectivity index (χ3v) is 4.64. The molecular formula is C19H18N2O5S. The van der Waals surface area contributed by atoms with Gasteiger partial charge in [-0.05, 0) is 31.2 Å². The Morgan fingerprint density at radius 2 is 2.07 bits per heavy atom. The Bertz CT molecular complexity index is 904. The molecule has 1 amide bonds. The molecule has 1 aromatic carbocycles. The number of carbonyl (C=O) groups is 2. The van der Waals surface area contributed by atoms with E-state index in [0.29, 0.717) is 17.1 Å². The third-order valence-electron chi connectivity index (χ3n) is 3.53. The summed E-state index contributed by atoms with van der Waals surface area (Å²) in [5.74, 6) is 0.967. The molecule has 7 nitrogen and oxygen atoms in total. The van der Waals surface area contributed by atoms with Crippen molar-refractivity contribution in [2.24, 2.45) is 0 Å². The number of hydrogen-bond donors (Lipinski definition) is 1. The zero-order valence-electron chi connectivity index (χ0n) is 14.6. The molecule has 0 unspecified atom stereocenters. The van der Waals surface area contributed by atoms with Gasteiger partial charge in [-0.3, -0.25) is 4.79 Å². The third kappa shape index (κ3) is 5.49. The first kappa shape index (κ1) is 18.8. The van der Waals surface area contributed by atoms with E-state index >= 15 is 0 Å². The molecule has 0 aliphatic heterocycles. The van der Waals surface area contributed by atoms with E-state index in [2.05, 4.69) is 10.5 Å². The van der Waals surface area contributed by atoms with Crippen molar-refractivity contribution in [2.75, 3.05) is 6.61 Å². The average Bonchev–Trinajstić information content (AvgIpc) is 3.34. The van der Waals surface area contributed by atoms with Crippen LogP contribution >= 0.6 is 11.8 Å². The van der Waals surface area contributed by atoms with E-state index in [-0.39, 0.29) is 13.2 Å². The Morgan fingerprint density at radius 1 is 1.22 bits per heavy atom. The van der Waals surface area contributed by atoms with E-state index in [4.69, 9.17) is 13.7 Å². The number of ether oxygens (including phenoxy) is 1. The zero-order valence-corrected chi connectivity index (χ0v) is 15.5. The van der Waals surface area contributed by atoms with Crippen molar-refractivity contribution >= 4 is 23.6 Å². The summed E-state index contributed by atoms with van der Waals surface area (Å²) in [4.78, 5) is 24.9. The molecule has 0 aliphatic carbocycles. The Balaban J connectivity index is 1.52. The number of benzene rings is 1. The van der Waals surface area contributed by atoms with Gasteiger partial charge in [0, 0.05) is 16.7 Å². The molecule has 0 fully saturated rings. The zero-order chi connectivity index (χ0) is 19.1. The number of esters is 1. The summed E-state index contributed by atoms with van der Waals surface area (Å²) < 4.78 is 15.3. The number of furan rings is 1. The largest absolute Gasteiger partial charge is 0.467 e. The highest BCUT2D eigenvalue weighted by Gasteiger charge is 2.15. The molecule has 0 spiro atoms. The van der Waals surface area contributed by atoms with Crippen LogP contribution in [-0.2, 0) is 21.8 Å². The average molecular weight is 386 g/mol. The summed E-state index contributed by atoms with van der Waals surface area (Å²) in [5, 5.41) is 6.56. The highest BCUT2D eigenvalue weighted by Crippen LogP contribution is 2.26. The van der Waals surface area contributed by atoms with Crippen molar-refractivity contribution in [2.45, 2.75) is 24.1 Å². The molecule has 2 aromatic heterocycles. The second kappa shape index (κ2) is 9.09. The van der Waals surface area contributed by atoms with Gasteiger partial charge < -0.3 is 19.0 Å². The molecule has 0 bridgehead atoms. The van der Waals surface area contributed by atoms with Crippen LogP contribution in [0.2, 0.25) is 0 Å². The van der Waals surface area contributed by atoms with Crippen LogP contribution in [0.15, 0.2) is 62.6 Å². The molecule has 0 aliphatic rings. The fraction of sp³-hybridized carbons (Fsp3) is 0.211. The monoisotopic (exact) mass is 386 g/mol. The maximum absolute atomic E-state index is 12.4. The minimum atomic E-state index is -0.553. The second-order valence-corrected chi connectivity index (χ2v) is 6.66. The number of aryl methyl sites for hydroxylation is 1. The molecule has 0 atom stereocenters. The lowest BCUT2D eigenvalue weighted by molar-refractivity contribution is -0.124. The van der Waals surface area contributed by atoms with Crippen molar-refractivity contribution in [3.63, 3.8) is 0 Å². The van der Waals surface area contributed by atoms with Crippen LogP contribution in [0.3, 0.4) is 0 Å². The van der Waals surface area contributed by atoms with Crippen molar-refractivity contribution in [1.29, 1.82) is 0 Å². The van der Waals surface area contributed by atoms with Crippen LogP contribution in [0.1, 0.15) is 27.6 Å². The standard InChI is InChI=1S/C19H18N2O5S/c1-13-9-14(21-26-13)12-27-17-7-3-2-6-16(17)19(23)25-11-18(22)20-10-15-5-4-8-24-15/h2-9H,10-12H2,1H3,(H,20,22). The van der Waals surface area contributed by atoms with Crippen LogP contribution in [0.25, 0.3) is 0 Å². The van der Waals surface area contributed by atoms with Crippen molar-refractivity contribution in [1.82, 2.24) is 10.5 Å². The molecule has 0 radical (unpaired) electrons. The predicted molar refractivity (Wildman–Crippen MR) is 98.1 cm³/mol. The fourth-order valence-corrected chi connectivity index (χ4v) is 3.18. The van der Waals surface area contributed by atoms with E-state index in [9.17, 15) is 9.59 Å². The number of nitrogens with one attached hydrogen (secondary N) is 1. The molecular weight excluding hydrogens is 368 g/mol. The Labute approximate surface area is 160 Å². The molecule has 140 valence electrons. The normalized spacial score (nSPS) is 10.6. The Hall–Kier alpha value is -3.00. The van der Waals surface area contributed by atoms with Gasteiger partial charge in [-0.15, -0.1) is 11.8 Å². The van der Waals surface area contributed by atoms with Crippen molar-refractivity contribution < 1.29 is 23.3 Å². The lowest BCUT2D eigenvalue weighted by Crippen LogP contribution is -2.28. The Morgan fingerprint density at radius 3 is 2.81 bits per heavy atom. The number of nitrogens with zero attached hydrogens (tertiary/aromatic N) is 1. The summed E-state index contributed by atoms with van der Waals surface area (Å²) in [5.41, 5.74) is 1.19. The molecule has 3 aromatic rings. The highest BCUT2D eigenvalue weighted by molar-refractivity contribution is 7.98. The van der Waals surface area contributed by atoms with Gasteiger partial charge in [0.05, 0.1) is 24.1 Å². The van der Waals surface area contributed by atoms with E-state index in [1.807, 2.05) is 25.1 Å². The van der Waals surface area contributed by atoms with Crippen molar-refractivity contribution in [3.05, 3.63) is 71.5 Å². The van der Waals surface area contributed by atoms with Gasteiger partial charge in [-0.1, -0.05) is 17.3 Å². The summed E-state index contributed by atoms with van der Waals surface area (Å²) >= 11 is 1.45. The lowest BCUT2D eigenvalue weighted by atomic mass is 10.2. The summed E-state index contributed by atoms with van der Waals surface area (Å²) in [7, 11) is 0. The molecule has 27 heavy (non-hydrogen) atoms. The van der Waals surface area contributed by atoms with Gasteiger partial charge in [0.25, 0.3) is 5.91 Å². The van der Waals surface area contributed by atoms with Crippen molar-refractivity contribution in [3.8, 4) is 0 Å². The fourth-order valence-electron chi connectivity index (χ4n) is 2.26. The molecule has 1 N–H and O–H groups in total. The number of aromatic nitrogens is 1. The van der Waals surface area contributed by atoms with Crippen LogP contribution in [0.5, 0.6) is 0 Å². The van der Waals surface area contributed by atoms with Gasteiger partial charge in [-0.2, -0.15) is 0 Å². The van der Waals surface area contributed by atoms with Gasteiger partial charge in [-0.25, -0.2) is 4.79 Å². The highest BCUT2D eigenvalue weighted by atomic mass is 32.2. The number of amides is 1. The van der Waals surface area contributed by atoms with Crippen LogP contribution < -0.4 is 5.32 Å². The van der Waals surface area contributed by atoms with Crippen LogP contribution in [0, 0.1) is 6.92 Å². The molecule has 2 heterocycles. The molecule has 0 saturated heterocycles. The number of thioether (sulfide) groups is 1. The maximum atomic E-state index is 12.4. The second-order valence-electron chi connectivity index (χ2n) is 5.65. The quantitative estimate of drug-likeness (QED) is 0.469. The van der Waals surface area contributed by atoms with E-state index in [1.165, 1.54) is 18.0 Å². The smallest absolute Gasteiger partial charge is 0.339 e. The molecule has 0 saturated carbocycles. The van der Waals surface area contributed by atoms with E-state index < -0.39 is 11.9 Å². The van der Waals surface area contributed by atoms with E-state index in [1.54, 1.807) is 24.3 Å². The first-order chi connectivity index (χ1) is 13.1.